The first kappa shape index (κ1) is 19.9. The number of nitrogens with zero attached hydrogens (tertiary/aromatic N) is 2. The van der Waals surface area contributed by atoms with Gasteiger partial charge in [0.15, 0.2) is 0 Å². The van der Waals surface area contributed by atoms with Crippen molar-refractivity contribution >= 4 is 22.6 Å². The highest BCUT2D eigenvalue weighted by molar-refractivity contribution is 5.85. The molecule has 1 aliphatic rings. The van der Waals surface area contributed by atoms with Gasteiger partial charge >= 0.3 is 5.63 Å². The number of methoxy groups -OCH3 is 1. The quantitative estimate of drug-likeness (QED) is 0.619. The van der Waals surface area contributed by atoms with Crippen LogP contribution in [0.25, 0.3) is 11.0 Å². The molecule has 1 aromatic heterocycles. The standard InChI is InChI=1S/C23H23FN2O4/c1-15-17-8-7-16(29-2)13-21(17)30-23(28)18(15)14-22(27)26-11-9-25(10-12-26)20-6-4-3-5-19(20)24/h3-8,13H,9-12,14H2,1-2H3. The van der Waals surface area contributed by atoms with E-state index in [9.17, 15) is 14.0 Å². The minimum absolute atomic E-state index is 0.0180. The molecule has 0 unspecified atom stereocenters. The third-order valence-electron chi connectivity index (χ3n) is 5.65. The van der Waals surface area contributed by atoms with E-state index >= 15 is 0 Å². The van der Waals surface area contributed by atoms with Crippen LogP contribution in [-0.2, 0) is 11.2 Å². The highest BCUT2D eigenvalue weighted by Crippen LogP contribution is 2.25. The molecule has 0 radical (unpaired) electrons. The number of hydrogen-bond donors (Lipinski definition) is 0. The van der Waals surface area contributed by atoms with Gasteiger partial charge in [0.1, 0.15) is 17.1 Å². The fourth-order valence-corrected chi connectivity index (χ4v) is 3.87. The first-order valence-electron chi connectivity index (χ1n) is 9.85. The zero-order chi connectivity index (χ0) is 21.3. The second kappa shape index (κ2) is 8.18. The first-order valence-corrected chi connectivity index (χ1v) is 9.85. The summed E-state index contributed by atoms with van der Waals surface area (Å²) in [6, 6.07) is 11.9. The second-order valence-corrected chi connectivity index (χ2v) is 7.35. The van der Waals surface area contributed by atoms with Gasteiger partial charge in [0.05, 0.1) is 24.8 Å². The number of carbonyl (C=O) groups is 1. The Kier molecular flexibility index (Phi) is 5.44. The lowest BCUT2D eigenvalue weighted by atomic mass is 10.0. The van der Waals surface area contributed by atoms with Crippen molar-refractivity contribution in [1.82, 2.24) is 4.90 Å². The third kappa shape index (κ3) is 3.75. The van der Waals surface area contributed by atoms with E-state index in [2.05, 4.69) is 0 Å². The molecule has 0 aliphatic carbocycles. The van der Waals surface area contributed by atoms with E-state index in [0.29, 0.717) is 48.8 Å². The average Bonchev–Trinajstić information content (AvgIpc) is 2.76. The smallest absolute Gasteiger partial charge is 0.340 e. The molecule has 0 saturated carbocycles. The summed E-state index contributed by atoms with van der Waals surface area (Å²) < 4.78 is 24.6. The molecule has 0 bridgehead atoms. The Balaban J connectivity index is 1.49. The van der Waals surface area contributed by atoms with Crippen molar-refractivity contribution in [3.8, 4) is 5.75 Å². The molecule has 3 aromatic rings. The van der Waals surface area contributed by atoms with Crippen molar-refractivity contribution in [2.24, 2.45) is 0 Å². The van der Waals surface area contributed by atoms with Gasteiger partial charge in [-0.2, -0.15) is 0 Å². The summed E-state index contributed by atoms with van der Waals surface area (Å²) in [5.74, 6) is 0.200. The number of amides is 1. The van der Waals surface area contributed by atoms with E-state index in [4.69, 9.17) is 9.15 Å². The number of ether oxygens (including phenoxy) is 1. The van der Waals surface area contributed by atoms with Gasteiger partial charge in [-0.25, -0.2) is 9.18 Å². The van der Waals surface area contributed by atoms with Crippen LogP contribution in [0.5, 0.6) is 5.75 Å². The maximum Gasteiger partial charge on any atom is 0.340 e. The summed E-state index contributed by atoms with van der Waals surface area (Å²) >= 11 is 0. The minimum atomic E-state index is -0.508. The molecular formula is C23H23FN2O4. The lowest BCUT2D eigenvalue weighted by Crippen LogP contribution is -2.49. The molecule has 2 heterocycles. The van der Waals surface area contributed by atoms with Gasteiger partial charge in [0, 0.05) is 37.6 Å². The van der Waals surface area contributed by atoms with Crippen molar-refractivity contribution < 1.29 is 18.3 Å². The normalized spacial score (nSPS) is 14.2. The molecule has 0 N–H and O–H groups in total. The Morgan fingerprint density at radius 1 is 1.13 bits per heavy atom. The van der Waals surface area contributed by atoms with Crippen molar-refractivity contribution in [3.63, 3.8) is 0 Å². The summed E-state index contributed by atoms with van der Waals surface area (Å²) in [6.07, 6.45) is -0.0180. The van der Waals surface area contributed by atoms with Crippen LogP contribution in [0.1, 0.15) is 11.1 Å². The van der Waals surface area contributed by atoms with Crippen molar-refractivity contribution in [2.45, 2.75) is 13.3 Å². The van der Waals surface area contributed by atoms with E-state index in [1.807, 2.05) is 17.9 Å². The third-order valence-corrected chi connectivity index (χ3v) is 5.65. The number of piperazine rings is 1. The molecule has 1 aliphatic heterocycles. The zero-order valence-electron chi connectivity index (χ0n) is 17.0. The van der Waals surface area contributed by atoms with Gasteiger partial charge in [0.2, 0.25) is 5.91 Å². The van der Waals surface area contributed by atoms with Gasteiger partial charge in [-0.3, -0.25) is 4.79 Å². The van der Waals surface area contributed by atoms with Crippen LogP contribution in [0.4, 0.5) is 10.1 Å². The Labute approximate surface area is 173 Å². The first-order chi connectivity index (χ1) is 14.5. The van der Waals surface area contributed by atoms with Crippen LogP contribution in [0.3, 0.4) is 0 Å². The summed E-state index contributed by atoms with van der Waals surface area (Å²) in [6.45, 7) is 3.85. The summed E-state index contributed by atoms with van der Waals surface area (Å²) in [5.41, 5.74) is 1.58. The summed E-state index contributed by atoms with van der Waals surface area (Å²) in [4.78, 5) is 29.0. The molecule has 7 heteroatoms. The summed E-state index contributed by atoms with van der Waals surface area (Å²) in [5, 5.41) is 0.780. The maximum atomic E-state index is 14.0. The second-order valence-electron chi connectivity index (χ2n) is 7.35. The Bertz CT molecular complexity index is 1150. The Hall–Kier alpha value is -3.35. The number of fused-ring (bicyclic) bond motifs is 1. The van der Waals surface area contributed by atoms with Gasteiger partial charge in [-0.05, 0) is 36.8 Å². The summed E-state index contributed by atoms with van der Waals surface area (Å²) in [7, 11) is 1.55. The van der Waals surface area contributed by atoms with E-state index in [1.165, 1.54) is 6.07 Å². The van der Waals surface area contributed by atoms with E-state index in [0.717, 1.165) is 10.9 Å². The molecule has 4 rings (SSSR count). The number of benzene rings is 2. The van der Waals surface area contributed by atoms with Crippen LogP contribution in [-0.4, -0.2) is 44.1 Å². The Morgan fingerprint density at radius 2 is 1.87 bits per heavy atom. The van der Waals surface area contributed by atoms with Gasteiger partial charge < -0.3 is 19.0 Å². The molecule has 156 valence electrons. The van der Waals surface area contributed by atoms with Crippen LogP contribution >= 0.6 is 0 Å². The van der Waals surface area contributed by atoms with E-state index in [1.54, 1.807) is 42.3 Å². The molecule has 1 saturated heterocycles. The van der Waals surface area contributed by atoms with E-state index < -0.39 is 5.63 Å². The molecule has 30 heavy (non-hydrogen) atoms. The number of carbonyl (C=O) groups excluding carboxylic acids is 1. The fraction of sp³-hybridized carbons (Fsp3) is 0.304. The molecule has 0 atom stereocenters. The van der Waals surface area contributed by atoms with Crippen LogP contribution in [0.15, 0.2) is 51.7 Å². The van der Waals surface area contributed by atoms with Crippen LogP contribution < -0.4 is 15.3 Å². The molecular weight excluding hydrogens is 387 g/mol. The monoisotopic (exact) mass is 410 g/mol. The number of para-hydroxylation sites is 1. The number of anilines is 1. The molecule has 6 nitrogen and oxygen atoms in total. The number of halogens is 1. The van der Waals surface area contributed by atoms with Crippen molar-refractivity contribution in [2.75, 3.05) is 38.2 Å². The van der Waals surface area contributed by atoms with Gasteiger partial charge in [-0.15, -0.1) is 0 Å². The molecule has 1 amide bonds. The predicted molar refractivity (Wildman–Crippen MR) is 113 cm³/mol. The average molecular weight is 410 g/mol. The number of aryl methyl sites for hydroxylation is 1. The molecule has 0 spiro atoms. The highest BCUT2D eigenvalue weighted by Gasteiger charge is 2.24. The minimum Gasteiger partial charge on any atom is -0.497 e. The Morgan fingerprint density at radius 3 is 2.57 bits per heavy atom. The van der Waals surface area contributed by atoms with Crippen molar-refractivity contribution in [1.29, 1.82) is 0 Å². The SMILES string of the molecule is COc1ccc2c(C)c(CC(=O)N3CCN(c4ccccc4F)CC3)c(=O)oc2c1. The fourth-order valence-electron chi connectivity index (χ4n) is 3.87. The largest absolute Gasteiger partial charge is 0.497 e. The number of hydrogen-bond acceptors (Lipinski definition) is 5. The lowest BCUT2D eigenvalue weighted by molar-refractivity contribution is -0.130. The van der Waals surface area contributed by atoms with Crippen molar-refractivity contribution in [3.05, 3.63) is 69.8 Å². The lowest BCUT2D eigenvalue weighted by Gasteiger charge is -2.36. The highest BCUT2D eigenvalue weighted by atomic mass is 19.1. The van der Waals surface area contributed by atoms with Gasteiger partial charge in [0.25, 0.3) is 0 Å². The van der Waals surface area contributed by atoms with Crippen LogP contribution in [0, 0.1) is 12.7 Å². The number of rotatable bonds is 4. The van der Waals surface area contributed by atoms with E-state index in [-0.39, 0.29) is 18.1 Å². The molecule has 2 aromatic carbocycles. The maximum absolute atomic E-state index is 14.0. The predicted octanol–water partition coefficient (Wildman–Crippen LogP) is 3.14. The molecule has 1 fully saturated rings. The van der Waals surface area contributed by atoms with Gasteiger partial charge in [-0.1, -0.05) is 12.1 Å². The topological polar surface area (TPSA) is 63.0 Å². The van der Waals surface area contributed by atoms with Crippen LogP contribution in [0.2, 0.25) is 0 Å². The zero-order valence-corrected chi connectivity index (χ0v) is 17.0.